The summed E-state index contributed by atoms with van der Waals surface area (Å²) in [5.74, 6) is 0.315. The van der Waals surface area contributed by atoms with Crippen LogP contribution in [0.15, 0.2) is 29.6 Å². The third kappa shape index (κ3) is 7.85. The van der Waals surface area contributed by atoms with Gasteiger partial charge < -0.3 is 35.7 Å². The van der Waals surface area contributed by atoms with Gasteiger partial charge in [-0.25, -0.2) is 9.78 Å². The van der Waals surface area contributed by atoms with Crippen molar-refractivity contribution in [1.29, 1.82) is 1.28 Å². The Balaban J connectivity index is 1.27. The second-order valence-electron chi connectivity index (χ2n) is 8.27. The summed E-state index contributed by atoms with van der Waals surface area (Å²) < 4.78 is 19.1. The number of hydrogen-bond donors (Lipinski definition) is 5. The lowest BCUT2D eigenvalue weighted by Gasteiger charge is -2.15. The first-order valence-corrected chi connectivity index (χ1v) is 11.8. The van der Waals surface area contributed by atoms with Gasteiger partial charge in [-0.1, -0.05) is 12.8 Å². The van der Waals surface area contributed by atoms with Crippen LogP contribution in [0.5, 0.6) is 0 Å². The highest BCUT2D eigenvalue weighted by atomic mass is 31.0. The number of H-pyrrole nitrogens is 1. The highest BCUT2D eigenvalue weighted by Gasteiger charge is 2.35. The van der Waals surface area contributed by atoms with Crippen LogP contribution >= 0.6 is 9.41 Å². The summed E-state index contributed by atoms with van der Waals surface area (Å²) in [7, 11) is -0.433. The quantitative estimate of drug-likeness (QED) is 0.169. The Labute approximate surface area is 201 Å². The zero-order chi connectivity index (χ0) is 25.0. The molecule has 2 aromatic rings. The van der Waals surface area contributed by atoms with Crippen molar-refractivity contribution in [3.63, 3.8) is 0 Å². The van der Waals surface area contributed by atoms with Crippen molar-refractivity contribution in [3.05, 3.63) is 41.0 Å². The van der Waals surface area contributed by atoms with Gasteiger partial charge in [0.1, 0.15) is 18.1 Å². The summed E-state index contributed by atoms with van der Waals surface area (Å²) in [6, 6.07) is 1.10. The number of carbonyl (C=O) groups is 1. The number of aliphatic hydroxyl groups excluding tert-OH is 1. The van der Waals surface area contributed by atoms with E-state index in [0.29, 0.717) is 25.3 Å². The van der Waals surface area contributed by atoms with Crippen molar-refractivity contribution in [2.75, 3.05) is 25.0 Å². The molecule has 1 fully saturated rings. The van der Waals surface area contributed by atoms with E-state index < -0.39 is 39.6 Å². The number of amides is 1. The van der Waals surface area contributed by atoms with Gasteiger partial charge in [0.15, 0.2) is 0 Å². The number of nitrogens with one attached hydrogen (secondary N) is 3. The van der Waals surface area contributed by atoms with Gasteiger partial charge in [0.25, 0.3) is 0 Å². The number of aromatic nitrogens is 4. The Kier molecular flexibility index (Phi) is 9.83. The van der Waals surface area contributed by atoms with Gasteiger partial charge in [-0.15, -0.1) is 0 Å². The van der Waals surface area contributed by atoms with Gasteiger partial charge in [0.05, 0.1) is 26.4 Å². The predicted molar refractivity (Wildman–Crippen MR) is 129 cm³/mol. The minimum absolute atomic E-state index is 0.118. The molecule has 6 N–H and O–H groups in total. The van der Waals surface area contributed by atoms with Gasteiger partial charge in [-0.2, -0.15) is 4.98 Å². The smallest absolute Gasteiger partial charge is 0.351 e. The number of anilines is 1. The monoisotopic (exact) mass is 497 g/mol. The van der Waals surface area contributed by atoms with Crippen molar-refractivity contribution in [3.8, 4) is 0 Å². The molecule has 1 aliphatic rings. The molecule has 13 heteroatoms. The Hall–Kier alpha value is -2.37. The third-order valence-electron chi connectivity index (χ3n) is 5.63. The highest BCUT2D eigenvalue weighted by molar-refractivity contribution is 7.09. The van der Waals surface area contributed by atoms with Crippen molar-refractivity contribution in [2.24, 2.45) is 5.73 Å². The van der Waals surface area contributed by atoms with Gasteiger partial charge in [-0.3, -0.25) is 9.36 Å². The first kappa shape index (κ1) is 24.7. The maximum absolute atomic E-state index is 12.4. The van der Waals surface area contributed by atoms with Crippen LogP contribution in [0.25, 0.3) is 0 Å². The van der Waals surface area contributed by atoms with Crippen LogP contribution in [0.4, 0.5) is 5.82 Å². The second-order valence-corrected chi connectivity index (χ2v) is 8.55. The van der Waals surface area contributed by atoms with Crippen LogP contribution in [0, 0.1) is 0 Å². The molecule has 5 unspecified atom stereocenters. The van der Waals surface area contributed by atoms with Gasteiger partial charge in [0.2, 0.25) is 5.91 Å². The Morgan fingerprint density at radius 2 is 2.26 bits per heavy atom. The first-order chi connectivity index (χ1) is 17.0. The van der Waals surface area contributed by atoms with E-state index in [2.05, 4.69) is 25.6 Å². The SMILES string of the molecule is [3H]POCC1OC(n2ccc(NCCCCCCNC(=O)C(N)Cc3cnc[nH]3)nc2=O)CC1O. The average Bonchev–Trinajstić information content (AvgIpc) is 3.48. The van der Waals surface area contributed by atoms with Gasteiger partial charge in [0, 0.05) is 53.4 Å². The summed E-state index contributed by atoms with van der Waals surface area (Å²) in [6.07, 6.45) is 7.27. The summed E-state index contributed by atoms with van der Waals surface area (Å²) in [6.45, 7) is 1.37. The van der Waals surface area contributed by atoms with Crippen LogP contribution in [0.1, 0.15) is 44.0 Å². The molecule has 5 atom stereocenters. The van der Waals surface area contributed by atoms with Crippen molar-refractivity contribution < 1.29 is 19.2 Å². The van der Waals surface area contributed by atoms with E-state index in [4.69, 9.17) is 16.3 Å². The lowest BCUT2D eigenvalue weighted by molar-refractivity contribution is -0.122. The number of ether oxygens (including phenoxy) is 1. The molecule has 188 valence electrons. The molecule has 0 bridgehead atoms. The molecule has 0 spiro atoms. The number of carbonyl (C=O) groups excluding carboxylic acids is 1. The summed E-state index contributed by atoms with van der Waals surface area (Å²) in [4.78, 5) is 35.3. The average molecular weight is 498 g/mol. The van der Waals surface area contributed by atoms with E-state index in [-0.39, 0.29) is 18.9 Å². The molecule has 1 amide bonds. The molecule has 3 heterocycles. The summed E-state index contributed by atoms with van der Waals surface area (Å²) in [5, 5.41) is 16.1. The molecule has 0 aromatic carbocycles. The molecule has 34 heavy (non-hydrogen) atoms. The molecule has 0 radical (unpaired) electrons. The number of aromatic amines is 1. The Morgan fingerprint density at radius 1 is 1.44 bits per heavy atom. The number of nitrogens with zero attached hydrogens (tertiary/aromatic N) is 3. The van der Waals surface area contributed by atoms with Crippen LogP contribution in [-0.2, 0) is 20.5 Å². The molecule has 2 aromatic heterocycles. The first-order valence-electron chi connectivity index (χ1n) is 11.9. The van der Waals surface area contributed by atoms with Gasteiger partial charge >= 0.3 is 5.69 Å². The number of rotatable bonds is 15. The van der Waals surface area contributed by atoms with Crippen LogP contribution < -0.4 is 22.1 Å². The highest BCUT2D eigenvalue weighted by Crippen LogP contribution is 2.28. The van der Waals surface area contributed by atoms with E-state index in [1.807, 2.05) is 0 Å². The standard InChI is InChI=1S/C21H34N7O5P/c22-15(9-14-11-23-13-26-14)20(30)25-7-4-2-1-3-6-24-18-5-8-28(21(31)27-18)19-10-16(29)17(33-19)12-32-34/h5,8,11,13,15-17,19,29H,1-4,6-7,9-10,12,22,34H2,(H,23,26)(H,25,30)(H,24,27,31)/i34T. The lowest BCUT2D eigenvalue weighted by atomic mass is 10.1. The maximum Gasteiger partial charge on any atom is 0.351 e. The Morgan fingerprint density at radius 3 is 3.00 bits per heavy atom. The zero-order valence-corrected chi connectivity index (χ0v) is 20.0. The van der Waals surface area contributed by atoms with Crippen LogP contribution in [0.3, 0.4) is 0 Å². The normalized spacial score (nSPS) is 21.6. The molecule has 1 saturated heterocycles. The van der Waals surface area contributed by atoms with E-state index in [1.165, 1.54) is 4.57 Å². The fourth-order valence-corrected chi connectivity index (χ4v) is 3.90. The van der Waals surface area contributed by atoms with Crippen molar-refractivity contribution in [2.45, 2.75) is 63.0 Å². The molecule has 12 nitrogen and oxygen atoms in total. The van der Waals surface area contributed by atoms with E-state index in [9.17, 15) is 14.7 Å². The second kappa shape index (κ2) is 13.5. The van der Waals surface area contributed by atoms with E-state index in [0.717, 1.165) is 31.4 Å². The van der Waals surface area contributed by atoms with Crippen molar-refractivity contribution >= 4 is 21.1 Å². The number of nitrogens with two attached hydrogens (primary N) is 1. The lowest BCUT2D eigenvalue weighted by Crippen LogP contribution is -2.42. The van der Waals surface area contributed by atoms with Crippen LogP contribution in [-0.4, -0.2) is 69.8 Å². The van der Waals surface area contributed by atoms with Gasteiger partial charge in [-0.05, 0) is 18.9 Å². The zero-order valence-electron chi connectivity index (χ0n) is 20.0. The van der Waals surface area contributed by atoms with Crippen LogP contribution in [0.2, 0.25) is 0 Å². The van der Waals surface area contributed by atoms with E-state index in [1.54, 1.807) is 24.8 Å². The minimum Gasteiger partial charge on any atom is -0.390 e. The largest absolute Gasteiger partial charge is 0.390 e. The third-order valence-corrected chi connectivity index (χ3v) is 5.80. The maximum atomic E-state index is 12.4. The number of aliphatic hydroxyl groups is 1. The van der Waals surface area contributed by atoms with Crippen molar-refractivity contribution in [1.82, 2.24) is 24.8 Å². The minimum atomic E-state index is -0.756. The molecule has 3 rings (SSSR count). The molecule has 0 aliphatic carbocycles. The summed E-state index contributed by atoms with van der Waals surface area (Å²) >= 11 is 0. The fraction of sp³-hybridized carbons (Fsp3) is 0.619. The predicted octanol–water partition coefficient (Wildman–Crippen LogP) is 0.0800. The molecule has 1 aliphatic heterocycles. The molecular weight excluding hydrogens is 461 g/mol. The fourth-order valence-electron chi connectivity index (χ4n) is 3.74. The summed E-state index contributed by atoms with van der Waals surface area (Å²) in [5.41, 5.74) is 6.27. The number of imidazole rings is 1. The number of hydrogen-bond acceptors (Lipinski definition) is 9. The molecular formula is C21H34N7O5P. The number of unbranched alkanes of at least 4 members (excludes halogenated alkanes) is 3. The van der Waals surface area contributed by atoms with E-state index >= 15 is 0 Å². The molecule has 0 saturated carbocycles. The topological polar surface area (TPSA) is 169 Å². The Bertz CT molecular complexity index is 964.